The monoisotopic (exact) mass is 351 g/mol. The van der Waals surface area contributed by atoms with E-state index in [4.69, 9.17) is 16.3 Å². The summed E-state index contributed by atoms with van der Waals surface area (Å²) < 4.78 is 6.22. The van der Waals surface area contributed by atoms with E-state index in [0.29, 0.717) is 5.02 Å². The minimum absolute atomic E-state index is 0.114. The summed E-state index contributed by atoms with van der Waals surface area (Å²) in [5.41, 5.74) is 1.69. The van der Waals surface area contributed by atoms with Crippen LogP contribution in [0.5, 0.6) is 5.75 Å². The lowest BCUT2D eigenvalue weighted by atomic mass is 10.1. The minimum atomic E-state index is -0.287. The number of halogens is 1. The van der Waals surface area contributed by atoms with Gasteiger partial charge in [-0.15, -0.1) is 0 Å². The smallest absolute Gasteiger partial charge is 0.327 e. The van der Waals surface area contributed by atoms with Gasteiger partial charge in [-0.25, -0.2) is 4.79 Å². The maximum Gasteiger partial charge on any atom is 0.327 e. The number of nitrogens with one attached hydrogen (secondary N) is 1. The van der Waals surface area contributed by atoms with E-state index in [-0.39, 0.29) is 31.1 Å². The molecule has 7 heteroatoms. The summed E-state index contributed by atoms with van der Waals surface area (Å²) in [7, 11) is 1.62. The van der Waals surface area contributed by atoms with Crippen LogP contribution >= 0.6 is 11.6 Å². The number of hydrogen-bond donors (Lipinski definition) is 1. The van der Waals surface area contributed by atoms with Crippen LogP contribution in [0.1, 0.15) is 24.0 Å². The Bertz CT molecular complexity index is 659. The molecule has 1 N–H and O–H groups in total. The van der Waals surface area contributed by atoms with Crippen molar-refractivity contribution in [3.8, 4) is 5.75 Å². The van der Waals surface area contributed by atoms with Crippen LogP contribution in [0, 0.1) is 6.92 Å². The first-order valence-electron chi connectivity index (χ1n) is 8.17. The van der Waals surface area contributed by atoms with E-state index in [1.165, 1.54) is 9.80 Å². The van der Waals surface area contributed by atoms with Gasteiger partial charge in [0, 0.05) is 17.6 Å². The molecular formula is C17H22ClN3O3. The van der Waals surface area contributed by atoms with Crippen LogP contribution in [0.3, 0.4) is 0 Å². The number of imide groups is 1. The van der Waals surface area contributed by atoms with Gasteiger partial charge in [0.05, 0.1) is 6.54 Å². The third kappa shape index (κ3) is 3.49. The summed E-state index contributed by atoms with van der Waals surface area (Å²) in [6.07, 6.45) is 2.01. The fraction of sp³-hybridized carbons (Fsp3) is 0.529. The average molecular weight is 352 g/mol. The Morgan fingerprint density at radius 1 is 1.29 bits per heavy atom. The molecule has 6 nitrogen and oxygen atoms in total. The highest BCUT2D eigenvalue weighted by Gasteiger charge is 2.34. The van der Waals surface area contributed by atoms with Crippen LogP contribution in [0.2, 0.25) is 5.02 Å². The molecule has 0 saturated carbocycles. The predicted molar refractivity (Wildman–Crippen MR) is 91.3 cm³/mol. The molecule has 3 rings (SSSR count). The number of amides is 3. The Morgan fingerprint density at radius 3 is 2.62 bits per heavy atom. The van der Waals surface area contributed by atoms with E-state index in [1.807, 2.05) is 13.0 Å². The first-order chi connectivity index (χ1) is 11.5. The highest BCUT2D eigenvalue weighted by Crippen LogP contribution is 2.31. The molecule has 0 radical (unpaired) electrons. The van der Waals surface area contributed by atoms with Gasteiger partial charge in [0.25, 0.3) is 5.91 Å². The van der Waals surface area contributed by atoms with E-state index in [1.54, 1.807) is 13.1 Å². The summed E-state index contributed by atoms with van der Waals surface area (Å²) >= 11 is 6.19. The Balaban J connectivity index is 1.85. The molecular weight excluding hydrogens is 330 g/mol. The molecule has 2 saturated heterocycles. The molecule has 0 aliphatic carbocycles. The van der Waals surface area contributed by atoms with Crippen LogP contribution < -0.4 is 10.1 Å². The van der Waals surface area contributed by atoms with Crippen LogP contribution in [-0.2, 0) is 11.3 Å². The first kappa shape index (κ1) is 17.0. The average Bonchev–Trinajstić information content (AvgIpc) is 2.78. The molecule has 1 aromatic carbocycles. The lowest BCUT2D eigenvalue weighted by molar-refractivity contribution is -0.125. The number of carbonyl (C=O) groups excluding carboxylic acids is 2. The van der Waals surface area contributed by atoms with E-state index in [9.17, 15) is 9.59 Å². The number of piperidine rings is 1. The summed E-state index contributed by atoms with van der Waals surface area (Å²) in [6, 6.07) is 3.34. The van der Waals surface area contributed by atoms with Gasteiger partial charge >= 0.3 is 6.03 Å². The van der Waals surface area contributed by atoms with Crippen LogP contribution in [0.4, 0.5) is 4.79 Å². The molecule has 2 aliphatic rings. The standard InChI is InChI=1S/C17H22ClN3O3/c1-11-7-13(18)8-12(9-21-15(22)10-20(2)17(21)23)16(11)24-14-3-5-19-6-4-14/h7-8,14,19H,3-6,9-10H2,1-2H3. The van der Waals surface area contributed by atoms with Crippen molar-refractivity contribution in [3.05, 3.63) is 28.3 Å². The highest BCUT2D eigenvalue weighted by atomic mass is 35.5. The lowest BCUT2D eigenvalue weighted by Crippen LogP contribution is -2.35. The van der Waals surface area contributed by atoms with Gasteiger partial charge < -0.3 is 15.0 Å². The number of carbonyl (C=O) groups is 2. The highest BCUT2D eigenvalue weighted by molar-refractivity contribution is 6.30. The maximum absolute atomic E-state index is 12.1. The number of nitrogens with zero attached hydrogens (tertiary/aromatic N) is 2. The van der Waals surface area contributed by atoms with Crippen molar-refractivity contribution in [1.82, 2.24) is 15.1 Å². The summed E-state index contributed by atoms with van der Waals surface area (Å²) in [4.78, 5) is 26.9. The quantitative estimate of drug-likeness (QED) is 0.844. The van der Waals surface area contributed by atoms with Crippen molar-refractivity contribution in [2.45, 2.75) is 32.4 Å². The van der Waals surface area contributed by atoms with Crippen molar-refractivity contribution in [2.24, 2.45) is 0 Å². The number of hydrogen-bond acceptors (Lipinski definition) is 4. The fourth-order valence-corrected chi connectivity index (χ4v) is 3.46. The Labute approximate surface area is 146 Å². The maximum atomic E-state index is 12.1. The van der Waals surface area contributed by atoms with Crippen molar-refractivity contribution in [2.75, 3.05) is 26.7 Å². The Hall–Kier alpha value is -1.79. The number of likely N-dealkylation sites (N-methyl/N-ethyl adjacent to an activating group) is 1. The van der Waals surface area contributed by atoms with Gasteiger partial charge in [-0.05, 0) is 50.6 Å². The number of rotatable bonds is 4. The zero-order valence-electron chi connectivity index (χ0n) is 14.0. The summed E-state index contributed by atoms with van der Waals surface area (Å²) in [6.45, 7) is 4.10. The predicted octanol–water partition coefficient (Wildman–Crippen LogP) is 2.17. The second-order valence-corrected chi connectivity index (χ2v) is 6.83. The van der Waals surface area contributed by atoms with Crippen molar-refractivity contribution in [3.63, 3.8) is 0 Å². The molecule has 2 aliphatic heterocycles. The summed E-state index contributed by atoms with van der Waals surface area (Å²) in [5, 5.41) is 3.89. The molecule has 3 amide bonds. The van der Waals surface area contributed by atoms with Crippen molar-refractivity contribution >= 4 is 23.5 Å². The molecule has 2 fully saturated rings. The van der Waals surface area contributed by atoms with Gasteiger partial charge in [-0.3, -0.25) is 9.69 Å². The SMILES string of the molecule is Cc1cc(Cl)cc(CN2C(=O)CN(C)C2=O)c1OC1CCNCC1. The number of benzene rings is 1. The molecule has 0 aromatic heterocycles. The third-order valence-corrected chi connectivity index (χ3v) is 4.66. The number of urea groups is 1. The minimum Gasteiger partial charge on any atom is -0.490 e. The fourth-order valence-electron chi connectivity index (χ4n) is 3.16. The van der Waals surface area contributed by atoms with E-state index in [0.717, 1.165) is 42.8 Å². The molecule has 0 spiro atoms. The third-order valence-electron chi connectivity index (χ3n) is 4.45. The first-order valence-corrected chi connectivity index (χ1v) is 8.55. The topological polar surface area (TPSA) is 61.9 Å². The van der Waals surface area contributed by atoms with Crippen molar-refractivity contribution in [1.29, 1.82) is 0 Å². The molecule has 0 unspecified atom stereocenters. The lowest BCUT2D eigenvalue weighted by Gasteiger charge is -2.27. The van der Waals surface area contributed by atoms with Gasteiger partial charge in [0.15, 0.2) is 0 Å². The number of ether oxygens (including phenoxy) is 1. The van der Waals surface area contributed by atoms with Gasteiger partial charge in [0.1, 0.15) is 18.4 Å². The largest absolute Gasteiger partial charge is 0.490 e. The summed E-state index contributed by atoms with van der Waals surface area (Å²) in [5.74, 6) is 0.536. The van der Waals surface area contributed by atoms with Crippen molar-refractivity contribution < 1.29 is 14.3 Å². The molecule has 0 atom stereocenters. The van der Waals surface area contributed by atoms with Crippen LogP contribution in [-0.4, -0.2) is 54.5 Å². The van der Waals surface area contributed by atoms with E-state index in [2.05, 4.69) is 5.32 Å². The zero-order valence-corrected chi connectivity index (χ0v) is 14.7. The molecule has 0 bridgehead atoms. The normalized spacial score (nSPS) is 19.3. The molecule has 1 aromatic rings. The van der Waals surface area contributed by atoms with Gasteiger partial charge in [0.2, 0.25) is 0 Å². The Kier molecular flexibility index (Phi) is 4.96. The van der Waals surface area contributed by atoms with Crippen LogP contribution in [0.15, 0.2) is 12.1 Å². The molecule has 24 heavy (non-hydrogen) atoms. The molecule has 2 heterocycles. The Morgan fingerprint density at radius 2 is 2.00 bits per heavy atom. The second kappa shape index (κ2) is 6.99. The van der Waals surface area contributed by atoms with Crippen LogP contribution in [0.25, 0.3) is 0 Å². The molecule has 130 valence electrons. The number of aryl methyl sites for hydroxylation is 1. The van der Waals surface area contributed by atoms with Gasteiger partial charge in [-0.2, -0.15) is 0 Å². The zero-order chi connectivity index (χ0) is 17.3. The van der Waals surface area contributed by atoms with Gasteiger partial charge in [-0.1, -0.05) is 11.6 Å². The van der Waals surface area contributed by atoms with E-state index < -0.39 is 0 Å². The van der Waals surface area contributed by atoms with E-state index >= 15 is 0 Å². The second-order valence-electron chi connectivity index (χ2n) is 6.40.